The summed E-state index contributed by atoms with van der Waals surface area (Å²) in [7, 11) is 0. The lowest BCUT2D eigenvalue weighted by Crippen LogP contribution is -2.49. The minimum atomic E-state index is -0.352. The number of pyridine rings is 1. The lowest BCUT2D eigenvalue weighted by atomic mass is 9.99. The second-order valence-electron chi connectivity index (χ2n) is 6.90. The van der Waals surface area contributed by atoms with Gasteiger partial charge in [0.2, 0.25) is 0 Å². The van der Waals surface area contributed by atoms with Gasteiger partial charge in [-0.15, -0.1) is 0 Å². The van der Waals surface area contributed by atoms with Gasteiger partial charge in [0.15, 0.2) is 5.69 Å². The molecule has 2 aromatic heterocycles. The molecule has 1 saturated heterocycles. The van der Waals surface area contributed by atoms with E-state index in [0.29, 0.717) is 38.3 Å². The molecular weight excluding hydrogens is 337 g/mol. The second kappa shape index (κ2) is 6.68. The van der Waals surface area contributed by atoms with Crippen LogP contribution in [0, 0.1) is 5.82 Å². The van der Waals surface area contributed by atoms with E-state index in [0.717, 1.165) is 16.9 Å². The highest BCUT2D eigenvalue weighted by Crippen LogP contribution is 2.30. The number of carbonyl (C=O) groups is 1. The quantitative estimate of drug-likeness (QED) is 0.887. The molecule has 2 aromatic rings. The fourth-order valence-corrected chi connectivity index (χ4v) is 3.74. The smallest absolute Gasteiger partial charge is 0.274 e. The Balaban J connectivity index is 1.46. The van der Waals surface area contributed by atoms with Crippen molar-refractivity contribution < 1.29 is 13.9 Å². The van der Waals surface area contributed by atoms with Gasteiger partial charge in [0.1, 0.15) is 5.82 Å². The molecule has 1 amide bonds. The molecule has 0 aliphatic carbocycles. The Bertz CT molecular complexity index is 816. The van der Waals surface area contributed by atoms with E-state index in [1.54, 1.807) is 6.20 Å². The number of nitrogens with zero attached hydrogens (tertiary/aromatic N) is 4. The zero-order valence-electron chi connectivity index (χ0n) is 14.9. The number of amides is 1. The first-order chi connectivity index (χ1) is 12.5. The van der Waals surface area contributed by atoms with Crippen LogP contribution in [0.5, 0.6) is 0 Å². The van der Waals surface area contributed by atoms with Gasteiger partial charge in [-0.1, -0.05) is 0 Å². The molecule has 2 aliphatic rings. The standard InChI is InChI=1S/C18H22FN5O2/c1-11-7-15-16(12(2)26-11)21-22-17(15)18(25)24-5-3-23(4-6-24)14-8-13(19)9-20-10-14/h8-12H,3-7H2,1-2H3,(H,21,22)/t11-,12+/m1/s1. The molecule has 1 N–H and O–H groups in total. The average Bonchev–Trinajstić information content (AvgIpc) is 3.05. The number of ether oxygens (including phenoxy) is 1. The van der Waals surface area contributed by atoms with Gasteiger partial charge >= 0.3 is 0 Å². The number of aromatic nitrogens is 3. The summed E-state index contributed by atoms with van der Waals surface area (Å²) in [6.45, 7) is 6.38. The molecule has 7 nitrogen and oxygen atoms in total. The van der Waals surface area contributed by atoms with E-state index in [2.05, 4.69) is 15.2 Å². The number of nitrogens with one attached hydrogen (secondary N) is 1. The van der Waals surface area contributed by atoms with Crippen molar-refractivity contribution in [3.63, 3.8) is 0 Å². The predicted molar refractivity (Wildman–Crippen MR) is 93.6 cm³/mol. The number of hydrogen-bond acceptors (Lipinski definition) is 5. The largest absolute Gasteiger partial charge is 0.369 e. The van der Waals surface area contributed by atoms with Gasteiger partial charge in [0.05, 0.1) is 36.0 Å². The number of carbonyl (C=O) groups excluding carboxylic acids is 1. The molecular formula is C18H22FN5O2. The highest BCUT2D eigenvalue weighted by molar-refractivity contribution is 5.94. The first-order valence-electron chi connectivity index (χ1n) is 8.90. The zero-order valence-corrected chi connectivity index (χ0v) is 14.9. The monoisotopic (exact) mass is 359 g/mol. The topological polar surface area (TPSA) is 74.4 Å². The Morgan fingerprint density at radius 1 is 1.27 bits per heavy atom. The molecule has 2 aliphatic heterocycles. The van der Waals surface area contributed by atoms with Gasteiger partial charge in [0, 0.05) is 44.2 Å². The number of H-pyrrole nitrogens is 1. The summed E-state index contributed by atoms with van der Waals surface area (Å²) in [5.74, 6) is -0.407. The first kappa shape index (κ1) is 17.0. The molecule has 0 radical (unpaired) electrons. The van der Waals surface area contributed by atoms with Gasteiger partial charge in [-0.05, 0) is 13.8 Å². The van der Waals surface area contributed by atoms with Crippen LogP contribution in [0.15, 0.2) is 18.5 Å². The van der Waals surface area contributed by atoms with Crippen LogP contribution in [0.3, 0.4) is 0 Å². The molecule has 0 bridgehead atoms. The molecule has 1 fully saturated rings. The van der Waals surface area contributed by atoms with Crippen molar-refractivity contribution >= 4 is 11.6 Å². The molecule has 4 rings (SSSR count). The van der Waals surface area contributed by atoms with Crippen molar-refractivity contribution in [1.82, 2.24) is 20.1 Å². The van der Waals surface area contributed by atoms with Crippen LogP contribution in [0.1, 0.15) is 41.7 Å². The molecule has 8 heteroatoms. The van der Waals surface area contributed by atoms with E-state index in [-0.39, 0.29) is 23.9 Å². The Labute approximate surface area is 151 Å². The highest BCUT2D eigenvalue weighted by atomic mass is 19.1. The third kappa shape index (κ3) is 3.05. The molecule has 0 aromatic carbocycles. The molecule has 2 atom stereocenters. The van der Waals surface area contributed by atoms with Crippen molar-refractivity contribution in [1.29, 1.82) is 0 Å². The number of hydrogen-bond donors (Lipinski definition) is 1. The Morgan fingerprint density at radius 3 is 2.77 bits per heavy atom. The van der Waals surface area contributed by atoms with Crippen molar-refractivity contribution in [3.8, 4) is 0 Å². The van der Waals surface area contributed by atoms with Crippen LogP contribution < -0.4 is 4.90 Å². The summed E-state index contributed by atoms with van der Waals surface area (Å²) in [5.41, 5.74) is 3.12. The van der Waals surface area contributed by atoms with E-state index >= 15 is 0 Å². The molecule has 4 heterocycles. The van der Waals surface area contributed by atoms with Gasteiger partial charge in [0.25, 0.3) is 5.91 Å². The second-order valence-corrected chi connectivity index (χ2v) is 6.90. The van der Waals surface area contributed by atoms with Crippen molar-refractivity contribution in [2.24, 2.45) is 0 Å². The maximum atomic E-state index is 13.4. The first-order valence-corrected chi connectivity index (χ1v) is 8.90. The van der Waals surface area contributed by atoms with E-state index in [1.807, 2.05) is 23.6 Å². The van der Waals surface area contributed by atoms with E-state index < -0.39 is 0 Å². The summed E-state index contributed by atoms with van der Waals surface area (Å²) >= 11 is 0. The maximum Gasteiger partial charge on any atom is 0.274 e. The Hall–Kier alpha value is -2.48. The lowest BCUT2D eigenvalue weighted by molar-refractivity contribution is -0.00702. The third-order valence-corrected chi connectivity index (χ3v) is 5.06. The average molecular weight is 359 g/mol. The van der Waals surface area contributed by atoms with Crippen LogP contribution in [0.4, 0.5) is 10.1 Å². The fraction of sp³-hybridized carbons (Fsp3) is 0.500. The zero-order chi connectivity index (χ0) is 18.3. The number of rotatable bonds is 2. The molecule has 138 valence electrons. The van der Waals surface area contributed by atoms with Crippen molar-refractivity contribution in [2.45, 2.75) is 32.5 Å². The van der Waals surface area contributed by atoms with Gasteiger partial charge in [-0.3, -0.25) is 14.9 Å². The normalized spacial score (nSPS) is 23.0. The van der Waals surface area contributed by atoms with Gasteiger partial charge in [-0.25, -0.2) is 4.39 Å². The summed E-state index contributed by atoms with van der Waals surface area (Å²) in [6, 6.07) is 1.47. The molecule has 0 spiro atoms. The van der Waals surface area contributed by atoms with Gasteiger partial charge < -0.3 is 14.5 Å². The van der Waals surface area contributed by atoms with E-state index in [9.17, 15) is 9.18 Å². The number of aromatic amines is 1. The third-order valence-electron chi connectivity index (χ3n) is 5.06. The predicted octanol–water partition coefficient (Wildman–Crippen LogP) is 1.93. The number of fused-ring (bicyclic) bond motifs is 1. The Morgan fingerprint density at radius 2 is 2.04 bits per heavy atom. The minimum absolute atomic E-state index is 0.0548. The molecule has 0 unspecified atom stereocenters. The van der Waals surface area contributed by atoms with Crippen LogP contribution >= 0.6 is 0 Å². The van der Waals surface area contributed by atoms with E-state index in [4.69, 9.17) is 4.74 Å². The Kier molecular flexibility index (Phi) is 4.36. The molecule has 26 heavy (non-hydrogen) atoms. The van der Waals surface area contributed by atoms with Crippen LogP contribution in [-0.2, 0) is 11.2 Å². The summed E-state index contributed by atoms with van der Waals surface area (Å²) in [5, 5.41) is 7.25. The van der Waals surface area contributed by atoms with Crippen LogP contribution in [0.2, 0.25) is 0 Å². The maximum absolute atomic E-state index is 13.4. The van der Waals surface area contributed by atoms with Crippen molar-refractivity contribution in [3.05, 3.63) is 41.2 Å². The lowest BCUT2D eigenvalue weighted by Gasteiger charge is -2.36. The fourth-order valence-electron chi connectivity index (χ4n) is 3.74. The van der Waals surface area contributed by atoms with Gasteiger partial charge in [-0.2, -0.15) is 5.10 Å². The molecule has 0 saturated carbocycles. The highest BCUT2D eigenvalue weighted by Gasteiger charge is 2.32. The SMILES string of the molecule is C[C@@H]1Cc2c(C(=O)N3CCN(c4cncc(F)c4)CC3)n[nH]c2[C@H](C)O1. The number of halogens is 1. The van der Waals surface area contributed by atoms with Crippen LogP contribution in [0.25, 0.3) is 0 Å². The van der Waals surface area contributed by atoms with Crippen LogP contribution in [-0.4, -0.2) is 58.3 Å². The summed E-state index contributed by atoms with van der Waals surface area (Å²) in [4.78, 5) is 20.7. The summed E-state index contributed by atoms with van der Waals surface area (Å²) in [6.07, 6.45) is 3.51. The summed E-state index contributed by atoms with van der Waals surface area (Å²) < 4.78 is 19.1. The minimum Gasteiger partial charge on any atom is -0.369 e. The van der Waals surface area contributed by atoms with Crippen molar-refractivity contribution in [2.75, 3.05) is 31.1 Å². The number of anilines is 1. The number of piperazine rings is 1. The van der Waals surface area contributed by atoms with E-state index in [1.165, 1.54) is 12.3 Å².